The van der Waals surface area contributed by atoms with Crippen LogP contribution in [0.25, 0.3) is 11.3 Å². The minimum atomic E-state index is -0.00310. The summed E-state index contributed by atoms with van der Waals surface area (Å²) >= 11 is 6.03. The normalized spacial score (nSPS) is 12.9. The van der Waals surface area contributed by atoms with Crippen molar-refractivity contribution in [1.82, 2.24) is 4.57 Å². The summed E-state index contributed by atoms with van der Waals surface area (Å²) < 4.78 is 4.39. The smallest absolute Gasteiger partial charge is 0.266 e. The monoisotopic (exact) mass is 380 g/mol. The van der Waals surface area contributed by atoms with Crippen LogP contribution in [0.1, 0.15) is 23.4 Å². The van der Waals surface area contributed by atoms with Gasteiger partial charge in [0.2, 0.25) is 0 Å². The Hall–Kier alpha value is -2.59. The quantitative estimate of drug-likeness (QED) is 0.673. The first kappa shape index (κ1) is 17.8. The van der Waals surface area contributed by atoms with Crippen molar-refractivity contribution in [1.29, 1.82) is 0 Å². The van der Waals surface area contributed by atoms with Crippen LogP contribution in [0.3, 0.4) is 0 Å². The second kappa shape index (κ2) is 7.20. The molecule has 3 aromatic rings. The van der Waals surface area contributed by atoms with E-state index in [0.717, 1.165) is 46.9 Å². The molecule has 27 heavy (non-hydrogen) atoms. The summed E-state index contributed by atoms with van der Waals surface area (Å²) in [6.45, 7) is 5.39. The average molecular weight is 381 g/mol. The van der Waals surface area contributed by atoms with Gasteiger partial charge in [0.25, 0.3) is 11.7 Å². The van der Waals surface area contributed by atoms with Gasteiger partial charge < -0.3 is 5.32 Å². The molecule has 0 bridgehead atoms. The van der Waals surface area contributed by atoms with Gasteiger partial charge in [0.05, 0.1) is 13.0 Å². The molecule has 5 heteroatoms. The number of hydrogen-bond acceptors (Lipinski definition) is 1. The van der Waals surface area contributed by atoms with Gasteiger partial charge in [-0.2, -0.15) is 0 Å². The summed E-state index contributed by atoms with van der Waals surface area (Å²) in [6.07, 6.45) is 4.18. The molecule has 2 heterocycles. The molecule has 4 nitrogen and oxygen atoms in total. The van der Waals surface area contributed by atoms with Gasteiger partial charge in [-0.05, 0) is 61.7 Å². The van der Waals surface area contributed by atoms with Crippen molar-refractivity contribution >= 4 is 23.2 Å². The van der Waals surface area contributed by atoms with Crippen LogP contribution < -0.4 is 9.88 Å². The van der Waals surface area contributed by atoms with Crippen molar-refractivity contribution in [3.8, 4) is 11.3 Å². The number of halogens is 1. The van der Waals surface area contributed by atoms with Crippen molar-refractivity contribution in [3.63, 3.8) is 0 Å². The third-order valence-corrected chi connectivity index (χ3v) is 5.58. The van der Waals surface area contributed by atoms with E-state index in [1.165, 1.54) is 11.4 Å². The lowest BCUT2D eigenvalue weighted by molar-refractivity contribution is -0.690. The molecule has 0 unspecified atom stereocenters. The first-order valence-corrected chi connectivity index (χ1v) is 9.64. The van der Waals surface area contributed by atoms with E-state index in [9.17, 15) is 4.79 Å². The average Bonchev–Trinajstić information content (AvgIpc) is 3.24. The number of aryl methyl sites for hydroxylation is 1. The Morgan fingerprint density at radius 1 is 1.19 bits per heavy atom. The summed E-state index contributed by atoms with van der Waals surface area (Å²) in [5.74, 6) is 1.20. The fraction of sp³-hybridized carbons (Fsp3) is 0.273. The fourth-order valence-electron chi connectivity index (χ4n) is 3.73. The van der Waals surface area contributed by atoms with Crippen LogP contribution in [-0.4, -0.2) is 10.5 Å². The SMILES string of the molecule is Cc1cccc(NC(=O)C[n+]2cc(-c3ccc(Cl)cc3)n3c2CCC3)c1C. The number of fused-ring (bicyclic) bond motifs is 1. The van der Waals surface area contributed by atoms with Gasteiger partial charge in [0, 0.05) is 16.3 Å². The lowest BCUT2D eigenvalue weighted by atomic mass is 10.1. The predicted octanol–water partition coefficient (Wildman–Crippen LogP) is 4.30. The van der Waals surface area contributed by atoms with E-state index in [1.54, 1.807) is 0 Å². The second-order valence-corrected chi connectivity index (χ2v) is 7.55. The van der Waals surface area contributed by atoms with Gasteiger partial charge in [-0.25, -0.2) is 9.13 Å². The van der Waals surface area contributed by atoms with Crippen LogP contribution in [0.2, 0.25) is 5.02 Å². The molecule has 0 fully saturated rings. The molecular formula is C22H23ClN3O+. The van der Waals surface area contributed by atoms with Crippen molar-refractivity contribution in [2.75, 3.05) is 5.32 Å². The minimum absolute atomic E-state index is 0.00310. The number of nitrogens with one attached hydrogen (secondary N) is 1. The van der Waals surface area contributed by atoms with E-state index in [1.807, 2.05) is 43.3 Å². The van der Waals surface area contributed by atoms with Crippen molar-refractivity contribution in [2.24, 2.45) is 0 Å². The molecule has 1 amide bonds. The summed E-state index contributed by atoms with van der Waals surface area (Å²) in [5, 5.41) is 3.79. The molecule has 2 aromatic carbocycles. The highest BCUT2D eigenvalue weighted by molar-refractivity contribution is 6.30. The first-order chi connectivity index (χ1) is 13.0. The van der Waals surface area contributed by atoms with Gasteiger partial charge in [-0.1, -0.05) is 23.7 Å². The first-order valence-electron chi connectivity index (χ1n) is 9.27. The predicted molar refractivity (Wildman–Crippen MR) is 108 cm³/mol. The number of anilines is 1. The molecule has 0 saturated carbocycles. The van der Waals surface area contributed by atoms with Gasteiger partial charge in [-0.15, -0.1) is 0 Å². The van der Waals surface area contributed by atoms with E-state index in [-0.39, 0.29) is 5.91 Å². The number of carbonyl (C=O) groups excluding carboxylic acids is 1. The van der Waals surface area contributed by atoms with Gasteiger partial charge in [0.15, 0.2) is 12.2 Å². The number of amides is 1. The van der Waals surface area contributed by atoms with E-state index in [2.05, 4.69) is 33.6 Å². The summed E-state index contributed by atoms with van der Waals surface area (Å²) in [4.78, 5) is 12.7. The van der Waals surface area contributed by atoms with Crippen molar-refractivity contribution < 1.29 is 9.36 Å². The maximum atomic E-state index is 12.7. The van der Waals surface area contributed by atoms with Crippen molar-refractivity contribution in [2.45, 2.75) is 39.8 Å². The second-order valence-electron chi connectivity index (χ2n) is 7.12. The number of nitrogens with zero attached hydrogens (tertiary/aromatic N) is 2. The highest BCUT2D eigenvalue weighted by Gasteiger charge is 2.29. The molecule has 0 aliphatic carbocycles. The standard InChI is InChI=1S/C22H22ClN3O/c1-15-5-3-6-19(16(15)2)24-21(27)14-25-13-20(26-12-4-7-22(25)26)17-8-10-18(23)11-9-17/h3,5-6,8-11,13H,4,7,12,14H2,1-2H3/p+1. The van der Waals surface area contributed by atoms with Crippen LogP contribution in [0, 0.1) is 13.8 Å². The Bertz CT molecular complexity index is 1010. The highest BCUT2D eigenvalue weighted by atomic mass is 35.5. The van der Waals surface area contributed by atoms with E-state index < -0.39 is 0 Å². The topological polar surface area (TPSA) is 37.9 Å². The van der Waals surface area contributed by atoms with Gasteiger partial charge in [0.1, 0.15) is 6.20 Å². The molecule has 4 rings (SSSR count). The number of hydrogen-bond donors (Lipinski definition) is 1. The number of rotatable bonds is 4. The van der Waals surface area contributed by atoms with Crippen LogP contribution in [0.5, 0.6) is 0 Å². The van der Waals surface area contributed by atoms with Crippen LogP contribution in [-0.2, 0) is 24.3 Å². The van der Waals surface area contributed by atoms with Crippen LogP contribution >= 0.6 is 11.6 Å². The highest BCUT2D eigenvalue weighted by Crippen LogP contribution is 2.26. The molecule has 1 aliphatic heterocycles. The molecule has 0 atom stereocenters. The molecule has 0 radical (unpaired) electrons. The number of imidazole rings is 1. The third kappa shape index (κ3) is 3.50. The number of aromatic nitrogens is 2. The lowest BCUT2D eigenvalue weighted by Gasteiger charge is -2.09. The largest absolute Gasteiger partial charge is 0.322 e. The molecule has 138 valence electrons. The third-order valence-electron chi connectivity index (χ3n) is 5.33. The van der Waals surface area contributed by atoms with E-state index >= 15 is 0 Å². The zero-order valence-electron chi connectivity index (χ0n) is 15.6. The molecule has 0 saturated heterocycles. The molecule has 1 aliphatic rings. The summed E-state index contributed by atoms with van der Waals surface area (Å²) in [5.41, 5.74) is 5.43. The van der Waals surface area contributed by atoms with Gasteiger partial charge >= 0.3 is 0 Å². The zero-order chi connectivity index (χ0) is 19.0. The van der Waals surface area contributed by atoms with Crippen LogP contribution in [0.15, 0.2) is 48.7 Å². The van der Waals surface area contributed by atoms with E-state index in [4.69, 9.17) is 11.6 Å². The molecule has 1 aromatic heterocycles. The summed E-state index contributed by atoms with van der Waals surface area (Å²) in [6, 6.07) is 13.9. The maximum absolute atomic E-state index is 12.7. The lowest BCUT2D eigenvalue weighted by Crippen LogP contribution is -2.42. The van der Waals surface area contributed by atoms with E-state index in [0.29, 0.717) is 6.54 Å². The fourth-order valence-corrected chi connectivity index (χ4v) is 3.85. The molecular weight excluding hydrogens is 358 g/mol. The Morgan fingerprint density at radius 3 is 2.74 bits per heavy atom. The summed E-state index contributed by atoms with van der Waals surface area (Å²) in [7, 11) is 0. The molecule has 1 N–H and O–H groups in total. The number of benzene rings is 2. The number of carbonyl (C=O) groups is 1. The zero-order valence-corrected chi connectivity index (χ0v) is 16.4. The van der Waals surface area contributed by atoms with Crippen LogP contribution in [0.4, 0.5) is 5.69 Å². The Kier molecular flexibility index (Phi) is 4.75. The van der Waals surface area contributed by atoms with Gasteiger partial charge in [-0.3, -0.25) is 4.79 Å². The minimum Gasteiger partial charge on any atom is -0.322 e. The Morgan fingerprint density at radius 2 is 1.96 bits per heavy atom. The van der Waals surface area contributed by atoms with Crippen molar-refractivity contribution in [3.05, 3.63) is 70.6 Å². The molecule has 0 spiro atoms. The maximum Gasteiger partial charge on any atom is 0.266 e. The Balaban J connectivity index is 1.59. The Labute approximate surface area is 164 Å².